The van der Waals surface area contributed by atoms with E-state index in [1.807, 2.05) is 43.3 Å². The van der Waals surface area contributed by atoms with Crippen LogP contribution in [0, 0.1) is 11.8 Å². The van der Waals surface area contributed by atoms with E-state index < -0.39 is 58.0 Å². The van der Waals surface area contributed by atoms with Gasteiger partial charge in [0.2, 0.25) is 5.78 Å². The number of aliphatic hydroxyl groups excluding tert-OH is 2. The van der Waals surface area contributed by atoms with Crippen molar-refractivity contribution in [3.8, 4) is 16.9 Å². The van der Waals surface area contributed by atoms with E-state index in [1.165, 1.54) is 11.0 Å². The maximum atomic E-state index is 13.9. The molecule has 204 valence electrons. The number of amides is 1. The number of nitrogens with zero attached hydrogens (tertiary/aromatic N) is 2. The Kier molecular flexibility index (Phi) is 6.08. The lowest BCUT2D eigenvalue weighted by Gasteiger charge is -2.50. The van der Waals surface area contributed by atoms with E-state index in [1.54, 1.807) is 20.2 Å². The highest BCUT2D eigenvalue weighted by Crippen LogP contribution is 2.53. The highest BCUT2D eigenvalue weighted by Gasteiger charge is 2.64. The van der Waals surface area contributed by atoms with Crippen molar-refractivity contribution in [3.63, 3.8) is 0 Å². The normalized spacial score (nSPS) is 26.4. The fourth-order valence-electron chi connectivity index (χ4n) is 6.45. The molecular weight excluding hydrogens is 502 g/mol. The number of phenolic OH excluding ortho intramolecular Hbond substituents is 1. The number of fused-ring (bicyclic) bond motifs is 3. The molecule has 4 atom stereocenters. The summed E-state index contributed by atoms with van der Waals surface area (Å²) >= 11 is 0. The number of Topliss-reactive ketones (excluding diaryl/α,β-unsaturated/α-hetero) is 2. The topological polar surface area (TPSA) is 165 Å². The van der Waals surface area contributed by atoms with Crippen LogP contribution in [0.2, 0.25) is 0 Å². The molecule has 1 fully saturated rings. The van der Waals surface area contributed by atoms with Crippen LogP contribution in [0.1, 0.15) is 17.5 Å². The molecule has 39 heavy (non-hydrogen) atoms. The van der Waals surface area contributed by atoms with Crippen LogP contribution in [-0.2, 0) is 20.8 Å². The molecule has 2 aromatic carbocycles. The van der Waals surface area contributed by atoms with Gasteiger partial charge < -0.3 is 31.1 Å². The molecule has 3 aliphatic rings. The summed E-state index contributed by atoms with van der Waals surface area (Å²) in [5.74, 6) is -6.66. The zero-order valence-electron chi connectivity index (χ0n) is 22.1. The third-order valence-electron chi connectivity index (χ3n) is 8.30. The summed E-state index contributed by atoms with van der Waals surface area (Å²) in [5.41, 5.74) is 5.00. The Morgan fingerprint density at radius 2 is 1.64 bits per heavy atom. The second kappa shape index (κ2) is 8.96. The molecule has 3 aliphatic carbocycles. The van der Waals surface area contributed by atoms with Crippen molar-refractivity contribution < 1.29 is 34.8 Å². The van der Waals surface area contributed by atoms with Gasteiger partial charge in [0, 0.05) is 31.3 Å². The zero-order chi connectivity index (χ0) is 28.5. The first kappa shape index (κ1) is 26.5. The predicted molar refractivity (Wildman–Crippen MR) is 144 cm³/mol. The van der Waals surface area contributed by atoms with E-state index in [2.05, 4.69) is 0 Å². The number of phenols is 1. The van der Waals surface area contributed by atoms with Gasteiger partial charge in [-0.2, -0.15) is 0 Å². The first-order chi connectivity index (χ1) is 18.3. The minimum atomic E-state index is -2.65. The van der Waals surface area contributed by atoms with Crippen molar-refractivity contribution in [2.24, 2.45) is 17.6 Å². The van der Waals surface area contributed by atoms with Crippen molar-refractivity contribution in [2.75, 3.05) is 33.1 Å². The van der Waals surface area contributed by atoms with Gasteiger partial charge in [-0.3, -0.25) is 19.3 Å². The van der Waals surface area contributed by atoms with E-state index in [9.17, 15) is 34.8 Å². The molecule has 1 amide bonds. The van der Waals surface area contributed by atoms with Gasteiger partial charge in [-0.1, -0.05) is 18.2 Å². The van der Waals surface area contributed by atoms with Crippen LogP contribution in [0.15, 0.2) is 53.3 Å². The lowest BCUT2D eigenvalue weighted by molar-refractivity contribution is -0.153. The number of primary amides is 1. The summed E-state index contributed by atoms with van der Waals surface area (Å²) < 4.78 is 0. The maximum Gasteiger partial charge on any atom is 0.255 e. The van der Waals surface area contributed by atoms with Crippen LogP contribution in [-0.4, -0.2) is 82.6 Å². The van der Waals surface area contributed by atoms with Gasteiger partial charge in [0.25, 0.3) is 5.91 Å². The van der Waals surface area contributed by atoms with Crippen molar-refractivity contribution in [3.05, 3.63) is 64.4 Å². The molecule has 0 saturated heterocycles. The molecule has 0 aliphatic heterocycles. The van der Waals surface area contributed by atoms with Gasteiger partial charge in [-0.25, -0.2) is 0 Å². The van der Waals surface area contributed by atoms with Crippen LogP contribution >= 0.6 is 0 Å². The van der Waals surface area contributed by atoms with E-state index >= 15 is 0 Å². The van der Waals surface area contributed by atoms with Gasteiger partial charge in [0.15, 0.2) is 11.4 Å². The standard InChI is InChI=1S/C29H31N3O7/c1-31(2)15-7-5-13(6-8-15)16-9-10-19(33)21-17(16)11-14-12-18-23(32(3)4)25(35)22(28(30)38)27(37)29(18,39)26(36)20(14)24(21)34/h5-10,14,18,23,33-34,37,39H,11-12H2,1-4H3,(H2,30,38)/t14-,18-,23-,29-/m1/s1. The summed E-state index contributed by atoms with van der Waals surface area (Å²) in [6, 6.07) is 9.81. The highest BCUT2D eigenvalue weighted by molar-refractivity contribution is 6.24. The number of benzene rings is 2. The van der Waals surface area contributed by atoms with Crippen LogP contribution in [0.3, 0.4) is 0 Å². The van der Waals surface area contributed by atoms with Crippen LogP contribution in [0.5, 0.6) is 5.75 Å². The molecule has 10 heteroatoms. The molecule has 6 N–H and O–H groups in total. The Bertz CT molecular complexity index is 1490. The molecule has 0 radical (unpaired) electrons. The Labute approximate surface area is 225 Å². The third-order valence-corrected chi connectivity index (χ3v) is 8.30. The molecule has 0 bridgehead atoms. The first-order valence-corrected chi connectivity index (χ1v) is 12.6. The average molecular weight is 534 g/mol. The summed E-state index contributed by atoms with van der Waals surface area (Å²) in [5, 5.41) is 44.8. The van der Waals surface area contributed by atoms with Crippen molar-refractivity contribution >= 4 is 28.9 Å². The molecule has 0 unspecified atom stereocenters. The minimum Gasteiger partial charge on any atom is -0.508 e. The number of hydrogen-bond donors (Lipinski definition) is 5. The molecule has 10 nitrogen and oxygen atoms in total. The minimum absolute atomic E-state index is 0.0421. The van der Waals surface area contributed by atoms with E-state index in [-0.39, 0.29) is 29.7 Å². The second-order valence-corrected chi connectivity index (χ2v) is 10.9. The van der Waals surface area contributed by atoms with E-state index in [0.29, 0.717) is 5.56 Å². The number of hydrogen-bond acceptors (Lipinski definition) is 9. The number of carbonyl (C=O) groups excluding carboxylic acids is 3. The Morgan fingerprint density at radius 1 is 1.00 bits per heavy atom. The Balaban J connectivity index is 1.70. The number of likely N-dealkylation sites (N-methyl/N-ethyl adjacent to an activating group) is 1. The number of ketones is 2. The number of carbonyl (C=O) groups is 3. The van der Waals surface area contributed by atoms with Gasteiger partial charge in [-0.05, 0) is 67.7 Å². The molecule has 5 rings (SSSR count). The second-order valence-electron chi connectivity index (χ2n) is 10.9. The van der Waals surface area contributed by atoms with E-state index in [4.69, 9.17) is 5.73 Å². The third kappa shape index (κ3) is 3.66. The molecule has 0 spiro atoms. The number of rotatable bonds is 4. The molecule has 1 saturated carbocycles. The molecule has 0 heterocycles. The average Bonchev–Trinajstić information content (AvgIpc) is 2.86. The molecular formula is C29H31N3O7. The van der Waals surface area contributed by atoms with Crippen molar-refractivity contribution in [1.29, 1.82) is 0 Å². The summed E-state index contributed by atoms with van der Waals surface area (Å²) in [4.78, 5) is 42.7. The van der Waals surface area contributed by atoms with Gasteiger partial charge in [0.05, 0.1) is 11.6 Å². The molecule has 2 aromatic rings. The largest absolute Gasteiger partial charge is 0.508 e. The van der Waals surface area contributed by atoms with Crippen LogP contribution < -0.4 is 10.6 Å². The number of aliphatic hydroxyl groups is 3. The molecule has 0 aromatic heterocycles. The van der Waals surface area contributed by atoms with Crippen LogP contribution in [0.25, 0.3) is 16.9 Å². The number of nitrogens with two attached hydrogens (primary N) is 1. The van der Waals surface area contributed by atoms with Crippen molar-refractivity contribution in [1.82, 2.24) is 4.90 Å². The number of aromatic hydroxyl groups is 1. The highest BCUT2D eigenvalue weighted by atomic mass is 16.3. The smallest absolute Gasteiger partial charge is 0.255 e. The Morgan fingerprint density at radius 3 is 2.21 bits per heavy atom. The number of anilines is 1. The summed E-state index contributed by atoms with van der Waals surface area (Å²) in [7, 11) is 7.00. The monoisotopic (exact) mass is 533 g/mol. The van der Waals surface area contributed by atoms with Gasteiger partial charge in [0.1, 0.15) is 22.8 Å². The van der Waals surface area contributed by atoms with Crippen LogP contribution in [0.4, 0.5) is 5.69 Å². The van der Waals surface area contributed by atoms with Crippen molar-refractivity contribution in [2.45, 2.75) is 24.5 Å². The first-order valence-electron chi connectivity index (χ1n) is 12.6. The Hall–Kier alpha value is -4.15. The maximum absolute atomic E-state index is 13.9. The quantitative estimate of drug-likeness (QED) is 0.368. The summed E-state index contributed by atoms with van der Waals surface area (Å²) in [6.07, 6.45) is 0.272. The van der Waals surface area contributed by atoms with Gasteiger partial charge in [-0.15, -0.1) is 0 Å². The fraction of sp³-hybridized carbons (Fsp3) is 0.345. The fourth-order valence-corrected chi connectivity index (χ4v) is 6.45. The predicted octanol–water partition coefficient (Wildman–Crippen LogP) is 1.70. The zero-order valence-corrected chi connectivity index (χ0v) is 22.1. The lowest BCUT2D eigenvalue weighted by Crippen LogP contribution is -2.65. The van der Waals surface area contributed by atoms with Gasteiger partial charge >= 0.3 is 0 Å². The SMILES string of the molecule is CN(C)c1ccc(-c2ccc(O)c3c2C[C@@H]2C[C@@H]4[C@@H](N(C)C)C(=O)C(C(N)=O)=C(O)[C@]4(O)C(=O)C2=C3O)cc1. The van der Waals surface area contributed by atoms with E-state index in [0.717, 1.165) is 16.8 Å². The lowest BCUT2D eigenvalue weighted by atomic mass is 9.57. The summed E-state index contributed by atoms with van der Waals surface area (Å²) in [6.45, 7) is 0.